The predicted molar refractivity (Wildman–Crippen MR) is 68.9 cm³/mol. The van der Waals surface area contributed by atoms with Crippen LogP contribution in [0, 0.1) is 18.8 Å². The van der Waals surface area contributed by atoms with Gasteiger partial charge in [0.25, 0.3) is 0 Å². The molecule has 17 heavy (non-hydrogen) atoms. The van der Waals surface area contributed by atoms with E-state index in [4.69, 9.17) is 0 Å². The lowest BCUT2D eigenvalue weighted by molar-refractivity contribution is 0.319. The van der Waals surface area contributed by atoms with Gasteiger partial charge in [0.05, 0.1) is 0 Å². The van der Waals surface area contributed by atoms with Crippen molar-refractivity contribution in [3.8, 4) is 0 Å². The molecule has 2 aliphatic carbocycles. The van der Waals surface area contributed by atoms with Crippen LogP contribution >= 0.6 is 0 Å². The Morgan fingerprint density at radius 1 is 1.12 bits per heavy atom. The third-order valence-corrected chi connectivity index (χ3v) is 4.19. The van der Waals surface area contributed by atoms with Gasteiger partial charge in [0.15, 0.2) is 0 Å². The first-order chi connectivity index (χ1) is 8.33. The largest absolute Gasteiger partial charge is 0.351 e. The zero-order valence-corrected chi connectivity index (χ0v) is 10.5. The highest BCUT2D eigenvalue weighted by Crippen LogP contribution is 2.45. The van der Waals surface area contributed by atoms with Crippen molar-refractivity contribution in [2.75, 3.05) is 5.32 Å². The minimum absolute atomic E-state index is 0.640. The highest BCUT2D eigenvalue weighted by Gasteiger charge is 2.43. The monoisotopic (exact) mass is 231 g/mol. The van der Waals surface area contributed by atoms with Crippen LogP contribution in [-0.4, -0.2) is 16.0 Å². The van der Waals surface area contributed by atoms with Gasteiger partial charge in [-0.05, 0) is 30.7 Å². The first kappa shape index (κ1) is 11.0. The van der Waals surface area contributed by atoms with Crippen molar-refractivity contribution < 1.29 is 0 Å². The van der Waals surface area contributed by atoms with Crippen LogP contribution in [0.15, 0.2) is 12.4 Å². The van der Waals surface area contributed by atoms with Crippen LogP contribution in [-0.2, 0) is 0 Å². The van der Waals surface area contributed by atoms with E-state index in [1.807, 2.05) is 19.3 Å². The van der Waals surface area contributed by atoms with Gasteiger partial charge in [-0.15, -0.1) is 0 Å². The molecule has 3 heteroatoms. The summed E-state index contributed by atoms with van der Waals surface area (Å²) in [5, 5.41) is 3.47. The zero-order chi connectivity index (χ0) is 11.7. The molecule has 1 aromatic rings. The molecule has 1 heterocycles. The van der Waals surface area contributed by atoms with Crippen LogP contribution in [0.5, 0.6) is 0 Å². The number of anilines is 1. The summed E-state index contributed by atoms with van der Waals surface area (Å²) < 4.78 is 0. The molecule has 0 aromatic carbocycles. The lowest BCUT2D eigenvalue weighted by atomic mass is 9.85. The number of aryl methyl sites for hydroxylation is 1. The molecule has 0 bridgehead atoms. The molecule has 0 spiro atoms. The average molecular weight is 231 g/mol. The number of hydrogen-bond acceptors (Lipinski definition) is 3. The van der Waals surface area contributed by atoms with E-state index in [0.717, 1.165) is 23.3 Å². The van der Waals surface area contributed by atoms with Crippen LogP contribution in [0.1, 0.15) is 44.1 Å². The molecule has 2 unspecified atom stereocenters. The summed E-state index contributed by atoms with van der Waals surface area (Å²) in [5.74, 6) is 2.66. The SMILES string of the molecule is Cc1cnc(NC2CC2C2CCCCC2)nc1. The van der Waals surface area contributed by atoms with E-state index in [1.165, 1.54) is 38.5 Å². The van der Waals surface area contributed by atoms with E-state index in [0.29, 0.717) is 6.04 Å². The van der Waals surface area contributed by atoms with Crippen LogP contribution in [0.4, 0.5) is 5.95 Å². The molecular weight excluding hydrogens is 210 g/mol. The second-order valence-electron chi connectivity index (χ2n) is 5.63. The van der Waals surface area contributed by atoms with Gasteiger partial charge in [0, 0.05) is 18.4 Å². The van der Waals surface area contributed by atoms with Gasteiger partial charge >= 0.3 is 0 Å². The van der Waals surface area contributed by atoms with Gasteiger partial charge in [0.2, 0.25) is 5.95 Å². The molecule has 1 N–H and O–H groups in total. The van der Waals surface area contributed by atoms with E-state index in [2.05, 4.69) is 15.3 Å². The fourth-order valence-electron chi connectivity index (χ4n) is 3.10. The van der Waals surface area contributed by atoms with Crippen LogP contribution in [0.2, 0.25) is 0 Å². The van der Waals surface area contributed by atoms with Gasteiger partial charge in [0.1, 0.15) is 0 Å². The van der Waals surface area contributed by atoms with Crippen LogP contribution in [0.3, 0.4) is 0 Å². The molecule has 0 radical (unpaired) electrons. The molecule has 2 saturated carbocycles. The third-order valence-electron chi connectivity index (χ3n) is 4.19. The molecule has 92 valence electrons. The Morgan fingerprint density at radius 2 is 1.82 bits per heavy atom. The lowest BCUT2D eigenvalue weighted by Crippen LogP contribution is -2.15. The van der Waals surface area contributed by atoms with E-state index in [1.54, 1.807) is 0 Å². The third kappa shape index (κ3) is 2.59. The summed E-state index contributed by atoms with van der Waals surface area (Å²) in [4.78, 5) is 8.63. The summed E-state index contributed by atoms with van der Waals surface area (Å²) in [7, 11) is 0. The number of rotatable bonds is 3. The molecule has 3 nitrogen and oxygen atoms in total. The zero-order valence-electron chi connectivity index (χ0n) is 10.5. The number of hydrogen-bond donors (Lipinski definition) is 1. The fourth-order valence-corrected chi connectivity index (χ4v) is 3.10. The van der Waals surface area contributed by atoms with Crippen molar-refractivity contribution >= 4 is 5.95 Å². The fraction of sp³-hybridized carbons (Fsp3) is 0.714. The molecule has 3 rings (SSSR count). The Hall–Kier alpha value is -1.12. The molecule has 1 aromatic heterocycles. The average Bonchev–Trinajstić information content (AvgIpc) is 3.13. The van der Waals surface area contributed by atoms with Crippen molar-refractivity contribution in [1.82, 2.24) is 9.97 Å². The summed E-state index contributed by atoms with van der Waals surface area (Å²) in [6.45, 7) is 2.02. The Bertz CT molecular complexity index is 368. The lowest BCUT2D eigenvalue weighted by Gasteiger charge is -2.21. The molecule has 2 atom stereocenters. The van der Waals surface area contributed by atoms with Gasteiger partial charge in [-0.1, -0.05) is 32.1 Å². The topological polar surface area (TPSA) is 37.8 Å². The van der Waals surface area contributed by atoms with Crippen LogP contribution < -0.4 is 5.32 Å². The van der Waals surface area contributed by atoms with E-state index in [9.17, 15) is 0 Å². The van der Waals surface area contributed by atoms with Crippen molar-refractivity contribution in [1.29, 1.82) is 0 Å². The number of nitrogens with one attached hydrogen (secondary N) is 1. The Morgan fingerprint density at radius 3 is 2.53 bits per heavy atom. The van der Waals surface area contributed by atoms with E-state index in [-0.39, 0.29) is 0 Å². The van der Waals surface area contributed by atoms with E-state index < -0.39 is 0 Å². The quantitative estimate of drug-likeness (QED) is 0.868. The van der Waals surface area contributed by atoms with Crippen LogP contribution in [0.25, 0.3) is 0 Å². The summed E-state index contributed by atoms with van der Waals surface area (Å²) in [5.41, 5.74) is 1.12. The smallest absolute Gasteiger partial charge is 0.222 e. The van der Waals surface area contributed by atoms with Crippen molar-refractivity contribution in [2.45, 2.75) is 51.5 Å². The highest BCUT2D eigenvalue weighted by molar-refractivity contribution is 5.29. The number of aromatic nitrogens is 2. The Balaban J connectivity index is 1.53. The Labute approximate surface area is 103 Å². The maximum Gasteiger partial charge on any atom is 0.222 e. The second-order valence-corrected chi connectivity index (χ2v) is 5.63. The van der Waals surface area contributed by atoms with Gasteiger partial charge < -0.3 is 5.32 Å². The van der Waals surface area contributed by atoms with Crippen molar-refractivity contribution in [2.24, 2.45) is 11.8 Å². The standard InChI is InChI=1S/C14H21N3/c1-10-8-15-14(16-9-10)17-13-7-12(13)11-5-3-2-4-6-11/h8-9,11-13H,2-7H2,1H3,(H,15,16,17). The minimum atomic E-state index is 0.640. The maximum atomic E-state index is 4.32. The summed E-state index contributed by atoms with van der Waals surface area (Å²) in [6.07, 6.45) is 12.3. The minimum Gasteiger partial charge on any atom is -0.351 e. The molecular formula is C14H21N3. The number of nitrogens with zero attached hydrogens (tertiary/aromatic N) is 2. The summed E-state index contributed by atoms with van der Waals surface area (Å²) in [6, 6.07) is 0.640. The normalized spacial score (nSPS) is 29.0. The predicted octanol–water partition coefficient (Wildman–Crippen LogP) is 3.17. The van der Waals surface area contributed by atoms with Gasteiger partial charge in [-0.25, -0.2) is 9.97 Å². The first-order valence-electron chi connectivity index (χ1n) is 6.88. The van der Waals surface area contributed by atoms with Crippen molar-refractivity contribution in [3.63, 3.8) is 0 Å². The first-order valence-corrected chi connectivity index (χ1v) is 6.88. The second kappa shape index (κ2) is 4.63. The van der Waals surface area contributed by atoms with Gasteiger partial charge in [-0.2, -0.15) is 0 Å². The Kier molecular flexibility index (Phi) is 3.00. The molecule has 2 fully saturated rings. The summed E-state index contributed by atoms with van der Waals surface area (Å²) >= 11 is 0. The highest BCUT2D eigenvalue weighted by atomic mass is 15.1. The molecule has 0 saturated heterocycles. The molecule has 0 amide bonds. The van der Waals surface area contributed by atoms with Crippen molar-refractivity contribution in [3.05, 3.63) is 18.0 Å². The van der Waals surface area contributed by atoms with Gasteiger partial charge in [-0.3, -0.25) is 0 Å². The van der Waals surface area contributed by atoms with E-state index >= 15 is 0 Å². The molecule has 0 aliphatic heterocycles. The maximum absolute atomic E-state index is 4.32. The molecule has 2 aliphatic rings.